The van der Waals surface area contributed by atoms with E-state index in [-0.39, 0.29) is 11.5 Å². The molecule has 0 fully saturated rings. The topological polar surface area (TPSA) is 88.0 Å². The maximum atomic E-state index is 13.4. The Kier molecular flexibility index (Phi) is 7.38. The Morgan fingerprint density at radius 1 is 0.909 bits per heavy atom. The minimum atomic E-state index is -0.441. The number of nitrogens with one attached hydrogen (secondary N) is 1. The monoisotopic (exact) mass is 474 g/mol. The van der Waals surface area contributed by atoms with Crippen LogP contribution < -0.4 is 29.8 Å². The third kappa shape index (κ3) is 4.85. The second kappa shape index (κ2) is 10.0. The number of pyridine rings is 1. The molecule has 0 aliphatic carbocycles. The molecule has 9 heteroatoms. The average Bonchev–Trinajstić information content (AvgIpc) is 2.79. The van der Waals surface area contributed by atoms with E-state index in [2.05, 4.69) is 5.32 Å². The predicted octanol–water partition coefficient (Wildman–Crippen LogP) is 4.60. The van der Waals surface area contributed by atoms with Gasteiger partial charge in [-0.15, -0.1) is 0 Å². The summed E-state index contributed by atoms with van der Waals surface area (Å²) in [6.45, 7) is 4.44. The van der Waals surface area contributed by atoms with Crippen LogP contribution in [-0.2, 0) is 6.54 Å². The van der Waals surface area contributed by atoms with E-state index in [0.717, 1.165) is 0 Å². The molecule has 2 aromatic carbocycles. The van der Waals surface area contributed by atoms with Crippen LogP contribution in [0.3, 0.4) is 0 Å². The van der Waals surface area contributed by atoms with Crippen molar-refractivity contribution < 1.29 is 23.7 Å². The lowest BCUT2D eigenvalue weighted by Gasteiger charge is -2.17. The number of methoxy groups -OCH3 is 4. The van der Waals surface area contributed by atoms with Gasteiger partial charge >= 0.3 is 0 Å². The van der Waals surface area contributed by atoms with Crippen LogP contribution in [0.2, 0.25) is 5.02 Å². The molecular formula is C24H27ClN2O6. The van der Waals surface area contributed by atoms with E-state index >= 15 is 0 Å². The number of hydrogen-bond acceptors (Lipinski definition) is 6. The Balaban J connectivity index is 2.20. The van der Waals surface area contributed by atoms with E-state index in [9.17, 15) is 9.59 Å². The number of anilines is 1. The fraction of sp³-hybridized carbons (Fsp3) is 0.333. The molecule has 0 unspecified atom stereocenters. The summed E-state index contributed by atoms with van der Waals surface area (Å²) in [4.78, 5) is 26.6. The zero-order valence-electron chi connectivity index (χ0n) is 19.4. The number of nitrogens with zero attached hydrogens (tertiary/aromatic N) is 1. The van der Waals surface area contributed by atoms with Gasteiger partial charge in [-0.3, -0.25) is 9.59 Å². The lowest BCUT2D eigenvalue weighted by atomic mass is 10.0. The summed E-state index contributed by atoms with van der Waals surface area (Å²) in [6.07, 6.45) is 1.56. The van der Waals surface area contributed by atoms with Gasteiger partial charge < -0.3 is 28.8 Å². The highest BCUT2D eigenvalue weighted by molar-refractivity contribution is 6.32. The molecule has 3 rings (SSSR count). The minimum absolute atomic E-state index is 0.191. The second-order valence-electron chi connectivity index (χ2n) is 7.79. The molecule has 176 valence electrons. The molecule has 0 aliphatic heterocycles. The van der Waals surface area contributed by atoms with Crippen molar-refractivity contribution in [3.63, 3.8) is 0 Å². The van der Waals surface area contributed by atoms with Gasteiger partial charge in [-0.05, 0) is 24.1 Å². The Hall–Kier alpha value is -3.39. The molecule has 0 saturated heterocycles. The highest BCUT2D eigenvalue weighted by atomic mass is 35.5. The Morgan fingerprint density at radius 3 is 2.03 bits per heavy atom. The average molecular weight is 475 g/mol. The smallest absolute Gasteiger partial charge is 0.258 e. The first-order valence-corrected chi connectivity index (χ1v) is 10.6. The zero-order valence-corrected chi connectivity index (χ0v) is 20.2. The van der Waals surface area contributed by atoms with Gasteiger partial charge in [0.05, 0.1) is 50.1 Å². The lowest BCUT2D eigenvalue weighted by Crippen LogP contribution is -2.25. The van der Waals surface area contributed by atoms with Crippen LogP contribution in [0.5, 0.6) is 23.0 Å². The summed E-state index contributed by atoms with van der Waals surface area (Å²) in [6, 6.07) is 6.36. The van der Waals surface area contributed by atoms with Crippen LogP contribution in [0.15, 0.2) is 35.3 Å². The summed E-state index contributed by atoms with van der Waals surface area (Å²) < 4.78 is 22.9. The van der Waals surface area contributed by atoms with Gasteiger partial charge in [0.25, 0.3) is 11.5 Å². The van der Waals surface area contributed by atoms with Gasteiger partial charge in [-0.1, -0.05) is 25.4 Å². The molecule has 1 aromatic heterocycles. The highest BCUT2D eigenvalue weighted by Gasteiger charge is 2.20. The van der Waals surface area contributed by atoms with E-state index < -0.39 is 5.91 Å². The summed E-state index contributed by atoms with van der Waals surface area (Å²) in [5, 5.41) is 3.94. The molecule has 1 N–H and O–H groups in total. The van der Waals surface area contributed by atoms with E-state index in [1.807, 2.05) is 13.8 Å². The fourth-order valence-electron chi connectivity index (χ4n) is 3.57. The van der Waals surface area contributed by atoms with Crippen molar-refractivity contribution in [3.8, 4) is 23.0 Å². The molecule has 8 nitrogen and oxygen atoms in total. The quantitative estimate of drug-likeness (QED) is 0.513. The van der Waals surface area contributed by atoms with Gasteiger partial charge in [0.1, 0.15) is 11.5 Å². The van der Waals surface area contributed by atoms with Crippen molar-refractivity contribution >= 4 is 34.0 Å². The number of carbonyl (C=O) groups excluding carboxylic acids is 1. The Morgan fingerprint density at radius 2 is 1.48 bits per heavy atom. The van der Waals surface area contributed by atoms with E-state index in [4.69, 9.17) is 30.5 Å². The van der Waals surface area contributed by atoms with Gasteiger partial charge in [0.15, 0.2) is 11.5 Å². The van der Waals surface area contributed by atoms with Crippen LogP contribution in [0.1, 0.15) is 24.2 Å². The van der Waals surface area contributed by atoms with E-state index in [1.165, 1.54) is 33.0 Å². The SMILES string of the molecule is COc1cc(OC)c(NC(=O)c2cn(CC(C)C)c(=O)c3cc(OC)c(OC)cc23)cc1Cl. The summed E-state index contributed by atoms with van der Waals surface area (Å²) in [5.74, 6) is 1.35. The highest BCUT2D eigenvalue weighted by Crippen LogP contribution is 2.37. The first-order chi connectivity index (χ1) is 15.7. The molecule has 0 radical (unpaired) electrons. The van der Waals surface area contributed by atoms with Gasteiger partial charge in [-0.25, -0.2) is 0 Å². The number of halogens is 1. The fourth-order valence-corrected chi connectivity index (χ4v) is 3.82. The van der Waals surface area contributed by atoms with E-state index in [0.29, 0.717) is 56.6 Å². The third-order valence-electron chi connectivity index (χ3n) is 5.12. The van der Waals surface area contributed by atoms with Gasteiger partial charge in [0, 0.05) is 24.2 Å². The molecule has 3 aromatic rings. The van der Waals surface area contributed by atoms with Crippen LogP contribution >= 0.6 is 11.6 Å². The molecule has 0 saturated carbocycles. The molecule has 1 heterocycles. The van der Waals surface area contributed by atoms with Crippen LogP contribution in [0, 0.1) is 5.92 Å². The Labute approximate surface area is 197 Å². The zero-order chi connectivity index (χ0) is 24.3. The number of benzene rings is 2. The molecule has 0 atom stereocenters. The molecule has 33 heavy (non-hydrogen) atoms. The van der Waals surface area contributed by atoms with E-state index in [1.54, 1.807) is 30.5 Å². The van der Waals surface area contributed by atoms with Gasteiger partial charge in [0.2, 0.25) is 0 Å². The van der Waals surface area contributed by atoms with Crippen LogP contribution in [-0.4, -0.2) is 38.9 Å². The first kappa shape index (κ1) is 24.3. The molecule has 0 spiro atoms. The normalized spacial score (nSPS) is 10.9. The minimum Gasteiger partial charge on any atom is -0.495 e. The maximum absolute atomic E-state index is 13.4. The number of aromatic nitrogens is 1. The predicted molar refractivity (Wildman–Crippen MR) is 129 cm³/mol. The number of carbonyl (C=O) groups is 1. The summed E-state index contributed by atoms with van der Waals surface area (Å²) in [7, 11) is 5.96. The number of fused-ring (bicyclic) bond motifs is 1. The molecule has 0 aliphatic rings. The number of amides is 1. The van der Waals surface area contributed by atoms with Gasteiger partial charge in [-0.2, -0.15) is 0 Å². The summed E-state index contributed by atoms with van der Waals surface area (Å²) >= 11 is 6.25. The number of ether oxygens (including phenoxy) is 4. The van der Waals surface area contributed by atoms with Crippen molar-refractivity contribution in [2.45, 2.75) is 20.4 Å². The molecule has 0 bridgehead atoms. The van der Waals surface area contributed by atoms with Crippen molar-refractivity contribution in [1.82, 2.24) is 4.57 Å². The first-order valence-electron chi connectivity index (χ1n) is 10.3. The number of hydrogen-bond donors (Lipinski definition) is 1. The van der Waals surface area contributed by atoms with Crippen molar-refractivity contribution in [3.05, 3.63) is 51.4 Å². The van der Waals surface area contributed by atoms with Crippen molar-refractivity contribution in [2.24, 2.45) is 5.92 Å². The largest absolute Gasteiger partial charge is 0.495 e. The standard InChI is InChI=1S/C24H27ClN2O6/c1-13(2)11-27-12-16(14-7-21(32-5)22(33-6)8-15(14)24(27)29)23(28)26-18-9-17(25)19(30-3)10-20(18)31-4/h7-10,12-13H,11H2,1-6H3,(H,26,28). The number of rotatable bonds is 8. The third-order valence-corrected chi connectivity index (χ3v) is 5.41. The van der Waals surface area contributed by atoms with Crippen molar-refractivity contribution in [1.29, 1.82) is 0 Å². The molecule has 1 amide bonds. The Bertz CT molecular complexity index is 1250. The van der Waals surface area contributed by atoms with Crippen molar-refractivity contribution in [2.75, 3.05) is 33.8 Å². The summed E-state index contributed by atoms with van der Waals surface area (Å²) in [5.41, 5.74) is 0.435. The maximum Gasteiger partial charge on any atom is 0.258 e. The second-order valence-corrected chi connectivity index (χ2v) is 8.20. The van der Waals surface area contributed by atoms with Crippen LogP contribution in [0.4, 0.5) is 5.69 Å². The van der Waals surface area contributed by atoms with Crippen LogP contribution in [0.25, 0.3) is 10.8 Å². The molecular weight excluding hydrogens is 448 g/mol. The lowest BCUT2D eigenvalue weighted by molar-refractivity contribution is 0.102.